The second kappa shape index (κ2) is 8.97. The molecule has 0 N–H and O–H groups in total. The van der Waals surface area contributed by atoms with Gasteiger partial charge >= 0.3 is 0 Å². The lowest BCUT2D eigenvalue weighted by atomic mass is 9.82. The predicted molar refractivity (Wildman–Crippen MR) is 171 cm³/mol. The van der Waals surface area contributed by atoms with Crippen LogP contribution >= 0.6 is 0 Å². The van der Waals surface area contributed by atoms with Crippen LogP contribution in [0, 0.1) is 0 Å². The number of fused-ring (bicyclic) bond motifs is 6. The van der Waals surface area contributed by atoms with Crippen LogP contribution in [0.2, 0.25) is 0 Å². The molecule has 0 radical (unpaired) electrons. The maximum atomic E-state index is 6.28. The average molecular weight is 528 g/mol. The first-order valence-corrected chi connectivity index (χ1v) is 14.2. The van der Waals surface area contributed by atoms with Gasteiger partial charge in [-0.15, -0.1) is 0 Å². The van der Waals surface area contributed by atoms with Crippen LogP contribution in [-0.4, -0.2) is 0 Å². The van der Waals surface area contributed by atoms with Gasteiger partial charge in [0, 0.05) is 33.2 Å². The van der Waals surface area contributed by atoms with Crippen LogP contribution in [-0.2, 0) is 5.41 Å². The summed E-state index contributed by atoms with van der Waals surface area (Å²) in [7, 11) is 0. The van der Waals surface area contributed by atoms with Crippen molar-refractivity contribution in [3.63, 3.8) is 0 Å². The molecule has 1 heterocycles. The highest BCUT2D eigenvalue weighted by Gasteiger charge is 2.37. The van der Waals surface area contributed by atoms with E-state index in [1.54, 1.807) is 0 Å². The third-order valence-corrected chi connectivity index (χ3v) is 8.66. The summed E-state index contributed by atoms with van der Waals surface area (Å²) in [5, 5.41) is 2.35. The van der Waals surface area contributed by atoms with Crippen LogP contribution in [0.1, 0.15) is 25.0 Å². The fourth-order valence-corrected chi connectivity index (χ4v) is 6.54. The minimum atomic E-state index is -0.159. The fourth-order valence-electron chi connectivity index (χ4n) is 6.54. The van der Waals surface area contributed by atoms with Crippen molar-refractivity contribution in [1.82, 2.24) is 0 Å². The Morgan fingerprint density at radius 1 is 0.463 bits per heavy atom. The van der Waals surface area contributed by atoms with Gasteiger partial charge in [0.25, 0.3) is 0 Å². The van der Waals surface area contributed by atoms with Crippen LogP contribution in [0.3, 0.4) is 0 Å². The molecule has 196 valence electrons. The summed E-state index contributed by atoms with van der Waals surface area (Å²) in [5.74, 6) is 0. The Morgan fingerprint density at radius 3 is 1.85 bits per heavy atom. The van der Waals surface area contributed by atoms with E-state index in [0.29, 0.717) is 0 Å². The molecular weight excluding hydrogens is 498 g/mol. The molecule has 6 aromatic carbocycles. The quantitative estimate of drug-likeness (QED) is 0.226. The lowest BCUT2D eigenvalue weighted by Crippen LogP contribution is -2.16. The van der Waals surface area contributed by atoms with Gasteiger partial charge in [0.15, 0.2) is 0 Å². The number of anilines is 3. The molecule has 0 unspecified atom stereocenters. The molecular formula is C39H29NO. The highest BCUT2D eigenvalue weighted by Crippen LogP contribution is 2.52. The molecule has 0 saturated carbocycles. The maximum absolute atomic E-state index is 6.28. The van der Waals surface area contributed by atoms with E-state index in [2.05, 4.69) is 152 Å². The topological polar surface area (TPSA) is 16.4 Å². The summed E-state index contributed by atoms with van der Waals surface area (Å²) in [6, 6.07) is 49.9. The van der Waals surface area contributed by atoms with Crippen molar-refractivity contribution in [2.24, 2.45) is 0 Å². The first-order valence-electron chi connectivity index (χ1n) is 14.2. The average Bonchev–Trinajstić information content (AvgIpc) is 3.49. The van der Waals surface area contributed by atoms with Gasteiger partial charge in [-0.2, -0.15) is 0 Å². The van der Waals surface area contributed by atoms with Crippen molar-refractivity contribution in [3.05, 3.63) is 151 Å². The molecule has 0 atom stereocenters. The Kier molecular flexibility index (Phi) is 5.20. The van der Waals surface area contributed by atoms with E-state index in [1.165, 1.54) is 44.2 Å². The van der Waals surface area contributed by atoms with Crippen molar-refractivity contribution in [3.8, 4) is 22.3 Å². The molecule has 0 fully saturated rings. The zero-order valence-corrected chi connectivity index (χ0v) is 23.1. The van der Waals surface area contributed by atoms with E-state index < -0.39 is 0 Å². The van der Waals surface area contributed by atoms with Gasteiger partial charge in [-0.05, 0) is 88.0 Å². The number of furan rings is 1. The lowest BCUT2D eigenvalue weighted by molar-refractivity contribution is 0.647. The zero-order valence-electron chi connectivity index (χ0n) is 23.1. The Bertz CT molecular complexity index is 2050. The third kappa shape index (κ3) is 3.72. The number of hydrogen-bond acceptors (Lipinski definition) is 2. The summed E-state index contributed by atoms with van der Waals surface area (Å²) < 4.78 is 6.28. The number of benzene rings is 6. The highest BCUT2D eigenvalue weighted by molar-refractivity contribution is 6.07. The molecule has 0 amide bonds. The molecule has 0 spiro atoms. The van der Waals surface area contributed by atoms with Crippen molar-refractivity contribution >= 4 is 39.0 Å². The lowest BCUT2D eigenvalue weighted by Gasteiger charge is -2.28. The van der Waals surface area contributed by atoms with Gasteiger partial charge in [0.05, 0.1) is 0 Å². The van der Waals surface area contributed by atoms with Gasteiger partial charge < -0.3 is 9.32 Å². The molecule has 0 bridgehead atoms. The fraction of sp³-hybridized carbons (Fsp3) is 0.0769. The summed E-state index contributed by atoms with van der Waals surface area (Å²) in [4.78, 5) is 2.35. The first kappa shape index (κ1) is 23.8. The molecule has 1 aromatic heterocycles. The van der Waals surface area contributed by atoms with E-state index in [-0.39, 0.29) is 5.41 Å². The highest BCUT2D eigenvalue weighted by atomic mass is 16.3. The molecule has 1 aliphatic carbocycles. The predicted octanol–water partition coefficient (Wildman–Crippen LogP) is 11.0. The smallest absolute Gasteiger partial charge is 0.135 e. The largest absolute Gasteiger partial charge is 0.456 e. The summed E-state index contributed by atoms with van der Waals surface area (Å²) in [5.41, 5.74) is 12.8. The second-order valence-corrected chi connectivity index (χ2v) is 11.4. The van der Waals surface area contributed by atoms with Crippen LogP contribution < -0.4 is 4.90 Å². The molecule has 2 nitrogen and oxygen atoms in total. The van der Waals surface area contributed by atoms with Gasteiger partial charge in [-0.1, -0.05) is 98.8 Å². The second-order valence-electron chi connectivity index (χ2n) is 11.4. The van der Waals surface area contributed by atoms with Crippen molar-refractivity contribution < 1.29 is 4.42 Å². The van der Waals surface area contributed by atoms with E-state index in [4.69, 9.17) is 4.42 Å². The monoisotopic (exact) mass is 527 g/mol. The summed E-state index contributed by atoms with van der Waals surface area (Å²) in [6.07, 6.45) is 0. The third-order valence-electron chi connectivity index (χ3n) is 8.66. The minimum Gasteiger partial charge on any atom is -0.456 e. The summed E-state index contributed by atoms with van der Waals surface area (Å²) >= 11 is 0. The van der Waals surface area contributed by atoms with E-state index >= 15 is 0 Å². The Morgan fingerprint density at radius 2 is 1.07 bits per heavy atom. The number of nitrogens with zero attached hydrogens (tertiary/aromatic N) is 1. The minimum absolute atomic E-state index is 0.159. The van der Waals surface area contributed by atoms with Gasteiger partial charge in [-0.3, -0.25) is 0 Å². The zero-order chi connectivity index (χ0) is 27.6. The van der Waals surface area contributed by atoms with Gasteiger partial charge in [0.2, 0.25) is 0 Å². The van der Waals surface area contributed by atoms with Crippen molar-refractivity contribution in [2.45, 2.75) is 19.3 Å². The van der Waals surface area contributed by atoms with Crippen molar-refractivity contribution in [2.75, 3.05) is 4.90 Å². The Balaban J connectivity index is 1.26. The SMILES string of the molecule is CC1(C)c2cc(N(c3ccccc3)c3ccc(-c4ccccc4)cc3)ccc2-c2cc3c(cc21)oc1ccccc13. The van der Waals surface area contributed by atoms with Gasteiger partial charge in [0.1, 0.15) is 11.2 Å². The molecule has 0 aliphatic heterocycles. The maximum Gasteiger partial charge on any atom is 0.135 e. The molecule has 2 heteroatoms. The molecule has 0 saturated heterocycles. The van der Waals surface area contributed by atoms with Crippen molar-refractivity contribution in [1.29, 1.82) is 0 Å². The van der Waals surface area contributed by atoms with E-state index in [9.17, 15) is 0 Å². The molecule has 8 rings (SSSR count). The number of para-hydroxylation sites is 2. The molecule has 1 aliphatic rings. The Labute approximate surface area is 240 Å². The standard InChI is InChI=1S/C39H29NO/c1-39(2)35-23-30(21-22-31(35)33-24-34-32-15-9-10-16-37(32)41-38(34)25-36(33)39)40(28-13-7-4-8-14-28)29-19-17-27(18-20-29)26-11-5-3-6-12-26/h3-25H,1-2H3. The first-order chi connectivity index (χ1) is 20.1. The molecule has 41 heavy (non-hydrogen) atoms. The number of hydrogen-bond donors (Lipinski definition) is 0. The van der Waals surface area contributed by atoms with Crippen LogP contribution in [0.15, 0.2) is 144 Å². The molecule has 7 aromatic rings. The summed E-state index contributed by atoms with van der Waals surface area (Å²) in [6.45, 7) is 4.66. The van der Waals surface area contributed by atoms with Crippen LogP contribution in [0.25, 0.3) is 44.2 Å². The number of rotatable bonds is 4. The van der Waals surface area contributed by atoms with E-state index in [0.717, 1.165) is 28.2 Å². The van der Waals surface area contributed by atoms with E-state index in [1.807, 2.05) is 6.07 Å². The Hall–Kier alpha value is -5.08. The van der Waals surface area contributed by atoms with Gasteiger partial charge in [-0.25, -0.2) is 0 Å². The van der Waals surface area contributed by atoms with Crippen LogP contribution in [0.4, 0.5) is 17.1 Å². The normalized spacial score (nSPS) is 13.3. The van der Waals surface area contributed by atoms with Crippen LogP contribution in [0.5, 0.6) is 0 Å².